The lowest BCUT2D eigenvalue weighted by Crippen LogP contribution is -2.27. The van der Waals surface area contributed by atoms with Gasteiger partial charge in [0.15, 0.2) is 11.6 Å². The molecule has 0 aliphatic rings. The first-order valence-corrected chi connectivity index (χ1v) is 5.05. The summed E-state index contributed by atoms with van der Waals surface area (Å²) in [7, 11) is 0. The summed E-state index contributed by atoms with van der Waals surface area (Å²) in [4.78, 5) is 11.5. The van der Waals surface area contributed by atoms with Crippen molar-refractivity contribution in [2.45, 2.75) is 13.0 Å². The Morgan fingerprint density at radius 2 is 2.21 bits per heavy atom. The lowest BCUT2D eigenvalue weighted by molar-refractivity contribution is 0.0963. The van der Waals surface area contributed by atoms with Crippen LogP contribution in [0.2, 0.25) is 5.02 Å². The Kier molecular flexibility index (Phi) is 3.64. The molecule has 2 N–H and O–H groups in total. The van der Waals surface area contributed by atoms with Crippen molar-refractivity contribution in [3.63, 3.8) is 0 Å². The zero-order valence-corrected chi connectivity index (χ0v) is 9.69. The van der Waals surface area contributed by atoms with Crippen molar-refractivity contribution in [2.24, 2.45) is 5.73 Å². The summed E-state index contributed by atoms with van der Waals surface area (Å²) in [6, 6.07) is 2.14. The van der Waals surface area contributed by atoms with Gasteiger partial charge in [0.1, 0.15) is 0 Å². The summed E-state index contributed by atoms with van der Waals surface area (Å²) < 4.78 is 13.8. The van der Waals surface area contributed by atoms with E-state index in [1.54, 1.807) is 0 Å². The van der Waals surface area contributed by atoms with Gasteiger partial charge in [-0.1, -0.05) is 11.6 Å². The number of carbonyl (C=O) groups is 1. The molecule has 1 aromatic rings. The molecule has 0 amide bonds. The van der Waals surface area contributed by atoms with Crippen LogP contribution in [-0.2, 0) is 0 Å². The number of nitrogens with two attached hydrogens (primary N) is 1. The van der Waals surface area contributed by atoms with E-state index in [1.807, 2.05) is 0 Å². The van der Waals surface area contributed by atoms with E-state index in [0.717, 1.165) is 0 Å². The first kappa shape index (κ1) is 11.6. The summed E-state index contributed by atoms with van der Waals surface area (Å²) >= 11 is 8.62. The molecule has 0 heterocycles. The molecule has 1 aromatic carbocycles. The Morgan fingerprint density at radius 1 is 1.64 bits per heavy atom. The quantitative estimate of drug-likeness (QED) is 0.669. The number of hydrogen-bond donors (Lipinski definition) is 1. The summed E-state index contributed by atoms with van der Waals surface area (Å²) in [6.07, 6.45) is 0. The number of benzene rings is 1. The smallest absolute Gasteiger partial charge is 0.183 e. The van der Waals surface area contributed by atoms with Crippen molar-refractivity contribution in [1.82, 2.24) is 0 Å². The Balaban J connectivity index is 3.33. The first-order valence-electron chi connectivity index (χ1n) is 3.88. The molecule has 0 aliphatic heterocycles. The minimum atomic E-state index is -0.751. The number of Topliss-reactive ketones (excluding diaryl/α,β-unsaturated/α-hetero) is 1. The van der Waals surface area contributed by atoms with Crippen molar-refractivity contribution in [3.8, 4) is 0 Å². The third kappa shape index (κ3) is 2.13. The van der Waals surface area contributed by atoms with Gasteiger partial charge in [0.25, 0.3) is 0 Å². The van der Waals surface area contributed by atoms with Gasteiger partial charge in [0.2, 0.25) is 0 Å². The highest BCUT2D eigenvalue weighted by Gasteiger charge is 2.20. The van der Waals surface area contributed by atoms with Crippen molar-refractivity contribution in [3.05, 3.63) is 33.0 Å². The van der Waals surface area contributed by atoms with Gasteiger partial charge >= 0.3 is 0 Å². The predicted molar refractivity (Wildman–Crippen MR) is 57.1 cm³/mol. The van der Waals surface area contributed by atoms with E-state index >= 15 is 0 Å². The van der Waals surface area contributed by atoms with Crippen LogP contribution >= 0.6 is 27.5 Å². The van der Waals surface area contributed by atoms with Gasteiger partial charge in [-0.3, -0.25) is 4.79 Å². The van der Waals surface area contributed by atoms with Gasteiger partial charge in [-0.2, -0.15) is 0 Å². The van der Waals surface area contributed by atoms with Crippen LogP contribution in [0.5, 0.6) is 0 Å². The minimum Gasteiger partial charge on any atom is -0.321 e. The highest BCUT2D eigenvalue weighted by Crippen LogP contribution is 2.26. The maximum atomic E-state index is 13.4. The molecule has 0 aliphatic carbocycles. The molecule has 0 radical (unpaired) electrons. The van der Waals surface area contributed by atoms with Crippen LogP contribution in [0.4, 0.5) is 4.39 Å². The molecule has 5 heteroatoms. The Bertz CT molecular complexity index is 381. The molecule has 76 valence electrons. The molecule has 1 atom stereocenters. The standard InChI is InChI=1S/C9H8BrClFNO/c1-4(13)9(14)7-5(10)2-3-6(11)8(7)12/h2-4H,13H2,1H3. The van der Waals surface area contributed by atoms with Gasteiger partial charge in [-0.15, -0.1) is 0 Å². The molecule has 1 unspecified atom stereocenters. The largest absolute Gasteiger partial charge is 0.321 e. The third-order valence-electron chi connectivity index (χ3n) is 1.70. The average Bonchev–Trinajstić information content (AvgIpc) is 2.12. The van der Waals surface area contributed by atoms with Crippen LogP contribution in [0.3, 0.4) is 0 Å². The van der Waals surface area contributed by atoms with Crippen LogP contribution in [0.25, 0.3) is 0 Å². The van der Waals surface area contributed by atoms with Gasteiger partial charge in [-0.25, -0.2) is 4.39 Å². The fourth-order valence-electron chi connectivity index (χ4n) is 0.981. The number of carbonyl (C=O) groups excluding carboxylic acids is 1. The second-order valence-corrected chi connectivity index (χ2v) is 4.13. The predicted octanol–water partition coefficient (Wildman–Crippen LogP) is 2.77. The summed E-state index contributed by atoms with van der Waals surface area (Å²) in [5.41, 5.74) is 5.29. The molecule has 0 aromatic heterocycles. The number of ketones is 1. The van der Waals surface area contributed by atoms with Gasteiger partial charge in [0.05, 0.1) is 16.6 Å². The lowest BCUT2D eigenvalue weighted by Gasteiger charge is -2.08. The van der Waals surface area contributed by atoms with E-state index in [2.05, 4.69) is 15.9 Å². The lowest BCUT2D eigenvalue weighted by atomic mass is 10.1. The highest BCUT2D eigenvalue weighted by atomic mass is 79.9. The monoisotopic (exact) mass is 279 g/mol. The van der Waals surface area contributed by atoms with E-state index in [9.17, 15) is 9.18 Å². The molecular formula is C9H8BrClFNO. The summed E-state index contributed by atoms with van der Waals surface area (Å²) in [5, 5.41) is -0.0859. The number of halogens is 3. The summed E-state index contributed by atoms with van der Waals surface area (Å²) in [5.74, 6) is -1.21. The fraction of sp³-hybridized carbons (Fsp3) is 0.222. The molecule has 0 fully saturated rings. The van der Waals surface area contributed by atoms with Crippen LogP contribution < -0.4 is 5.73 Å². The highest BCUT2D eigenvalue weighted by molar-refractivity contribution is 9.10. The first-order chi connectivity index (χ1) is 6.45. The van der Waals surface area contributed by atoms with E-state index in [-0.39, 0.29) is 10.6 Å². The molecule has 14 heavy (non-hydrogen) atoms. The second-order valence-electron chi connectivity index (χ2n) is 2.87. The van der Waals surface area contributed by atoms with E-state index in [0.29, 0.717) is 4.47 Å². The zero-order chi connectivity index (χ0) is 10.9. The minimum absolute atomic E-state index is 0.0859. The van der Waals surface area contributed by atoms with Gasteiger partial charge < -0.3 is 5.73 Å². The number of hydrogen-bond acceptors (Lipinski definition) is 2. The molecule has 2 nitrogen and oxygen atoms in total. The molecule has 0 bridgehead atoms. The van der Waals surface area contributed by atoms with Crippen LogP contribution in [-0.4, -0.2) is 11.8 Å². The van der Waals surface area contributed by atoms with Crippen LogP contribution in [0.1, 0.15) is 17.3 Å². The topological polar surface area (TPSA) is 43.1 Å². The van der Waals surface area contributed by atoms with E-state index in [4.69, 9.17) is 17.3 Å². The Labute approximate surface area is 94.4 Å². The normalized spacial score (nSPS) is 12.6. The molecule has 0 saturated heterocycles. The van der Waals surface area contributed by atoms with Crippen molar-refractivity contribution < 1.29 is 9.18 Å². The van der Waals surface area contributed by atoms with Crippen molar-refractivity contribution in [2.75, 3.05) is 0 Å². The second kappa shape index (κ2) is 4.38. The molecule has 0 spiro atoms. The van der Waals surface area contributed by atoms with Crippen molar-refractivity contribution >= 4 is 33.3 Å². The summed E-state index contributed by atoms with van der Waals surface area (Å²) in [6.45, 7) is 1.50. The molecule has 1 rings (SSSR count). The number of rotatable bonds is 2. The molecular weight excluding hydrogens is 272 g/mol. The Morgan fingerprint density at radius 3 is 2.71 bits per heavy atom. The maximum absolute atomic E-state index is 13.4. The van der Waals surface area contributed by atoms with Gasteiger partial charge in [-0.05, 0) is 35.0 Å². The van der Waals surface area contributed by atoms with E-state index in [1.165, 1.54) is 19.1 Å². The van der Waals surface area contributed by atoms with Crippen LogP contribution in [0.15, 0.2) is 16.6 Å². The van der Waals surface area contributed by atoms with Gasteiger partial charge in [0, 0.05) is 4.47 Å². The fourth-order valence-corrected chi connectivity index (χ4v) is 1.64. The maximum Gasteiger partial charge on any atom is 0.183 e. The zero-order valence-electron chi connectivity index (χ0n) is 7.35. The van der Waals surface area contributed by atoms with Crippen LogP contribution in [0, 0.1) is 5.82 Å². The average molecular weight is 281 g/mol. The third-order valence-corrected chi connectivity index (χ3v) is 2.66. The van der Waals surface area contributed by atoms with E-state index < -0.39 is 17.6 Å². The SMILES string of the molecule is CC(N)C(=O)c1c(Br)ccc(Cl)c1F. The Hall–Kier alpha value is -0.450. The van der Waals surface area contributed by atoms with Crippen molar-refractivity contribution in [1.29, 1.82) is 0 Å². The molecule has 0 saturated carbocycles.